The molecule has 1 heterocycles. The van der Waals surface area contributed by atoms with Crippen LogP contribution in [0.3, 0.4) is 0 Å². The molecule has 2 rings (SSSR count). The van der Waals surface area contributed by atoms with E-state index in [0.29, 0.717) is 6.07 Å². The summed E-state index contributed by atoms with van der Waals surface area (Å²) in [5.74, 6) is -13.2. The number of halogens is 11. The number of benzene rings is 1. The molecule has 0 aliphatic rings. The van der Waals surface area contributed by atoms with Crippen molar-refractivity contribution in [2.45, 2.75) is 30.7 Å². The molecule has 156 valence electrons. The van der Waals surface area contributed by atoms with Crippen molar-refractivity contribution in [1.29, 1.82) is 0 Å². The molecule has 0 saturated carbocycles. The van der Waals surface area contributed by atoms with E-state index in [-0.39, 0.29) is 22.1 Å². The average molecular weight is 427 g/mol. The van der Waals surface area contributed by atoms with Crippen LogP contribution < -0.4 is 5.73 Å². The number of nitrogens with two attached hydrogens (primary N) is 1. The third-order valence-corrected chi connectivity index (χ3v) is 3.52. The van der Waals surface area contributed by atoms with Gasteiger partial charge in [-0.1, -0.05) is 6.07 Å². The Morgan fingerprint density at radius 2 is 1.39 bits per heavy atom. The molecule has 28 heavy (non-hydrogen) atoms. The fourth-order valence-corrected chi connectivity index (χ4v) is 2.11. The first-order valence-corrected chi connectivity index (χ1v) is 7.00. The fourth-order valence-electron chi connectivity index (χ4n) is 2.11. The number of alkyl halides is 10. The van der Waals surface area contributed by atoms with Crippen LogP contribution in [0.15, 0.2) is 24.4 Å². The second-order valence-electron chi connectivity index (χ2n) is 5.59. The van der Waals surface area contributed by atoms with E-state index in [9.17, 15) is 48.3 Å². The molecular formula is C14H8F11N3. The lowest BCUT2D eigenvalue weighted by molar-refractivity contribution is -0.302. The minimum absolute atomic E-state index is 0.00503. The van der Waals surface area contributed by atoms with Gasteiger partial charge >= 0.3 is 24.2 Å². The van der Waals surface area contributed by atoms with Gasteiger partial charge < -0.3 is 5.73 Å². The maximum Gasteiger partial charge on any atom is 0.459 e. The van der Waals surface area contributed by atoms with Gasteiger partial charge in [0.2, 0.25) is 0 Å². The van der Waals surface area contributed by atoms with Gasteiger partial charge in [-0.15, -0.1) is 0 Å². The SMILES string of the molecule is Nc1ccc(Cn2cc(C(F)(F)C(F)(F)F)c(C(F)(F)C(F)(F)F)n2)cc1F. The molecule has 0 saturated heterocycles. The van der Waals surface area contributed by atoms with Gasteiger partial charge in [0.1, 0.15) is 5.82 Å². The van der Waals surface area contributed by atoms with Crippen LogP contribution in [-0.4, -0.2) is 22.1 Å². The Morgan fingerprint density at radius 1 is 0.857 bits per heavy atom. The van der Waals surface area contributed by atoms with Crippen LogP contribution in [0, 0.1) is 5.82 Å². The summed E-state index contributed by atoms with van der Waals surface area (Å²) in [7, 11) is 0. The first-order valence-electron chi connectivity index (χ1n) is 7.00. The summed E-state index contributed by atoms with van der Waals surface area (Å²) in [5.41, 5.74) is -0.861. The van der Waals surface area contributed by atoms with Crippen molar-refractivity contribution in [2.75, 3.05) is 5.73 Å². The smallest absolute Gasteiger partial charge is 0.396 e. The topological polar surface area (TPSA) is 43.8 Å². The summed E-state index contributed by atoms with van der Waals surface area (Å²) in [6.45, 7) is -0.883. The maximum absolute atomic E-state index is 13.6. The largest absolute Gasteiger partial charge is 0.459 e. The predicted molar refractivity (Wildman–Crippen MR) is 72.0 cm³/mol. The second-order valence-corrected chi connectivity index (χ2v) is 5.59. The Hall–Kier alpha value is -2.54. The Morgan fingerprint density at radius 3 is 1.86 bits per heavy atom. The number of hydrogen-bond donors (Lipinski definition) is 1. The van der Waals surface area contributed by atoms with Crippen LogP contribution in [0.1, 0.15) is 16.8 Å². The molecule has 14 heteroatoms. The zero-order valence-corrected chi connectivity index (χ0v) is 13.1. The summed E-state index contributed by atoms with van der Waals surface area (Å²) >= 11 is 0. The lowest BCUT2D eigenvalue weighted by Crippen LogP contribution is -2.40. The highest BCUT2D eigenvalue weighted by Gasteiger charge is 2.67. The first kappa shape index (κ1) is 21.8. The standard InChI is InChI=1S/C14H8F11N3/c15-8-3-6(1-2-9(8)26)4-28-5-7(11(16,17)13(20,21)22)10(27-28)12(18,19)14(23,24)25/h1-3,5H,4,26H2. The lowest BCUT2D eigenvalue weighted by Gasteiger charge is -2.23. The molecule has 0 aliphatic heterocycles. The van der Waals surface area contributed by atoms with E-state index in [1.165, 1.54) is 0 Å². The molecule has 0 atom stereocenters. The van der Waals surface area contributed by atoms with Crippen molar-refractivity contribution >= 4 is 5.69 Å². The van der Waals surface area contributed by atoms with Gasteiger partial charge in [0.15, 0.2) is 5.69 Å². The van der Waals surface area contributed by atoms with Crippen LogP contribution in [-0.2, 0) is 18.4 Å². The minimum atomic E-state index is -6.49. The summed E-state index contributed by atoms with van der Waals surface area (Å²) in [6, 6.07) is 2.69. The molecule has 1 aromatic heterocycles. The molecular weight excluding hydrogens is 419 g/mol. The highest BCUT2D eigenvalue weighted by Crippen LogP contribution is 2.51. The van der Waals surface area contributed by atoms with E-state index in [1.54, 1.807) is 0 Å². The molecule has 0 amide bonds. The van der Waals surface area contributed by atoms with Crippen molar-refractivity contribution in [2.24, 2.45) is 0 Å². The quantitative estimate of drug-likeness (QED) is 0.554. The maximum atomic E-state index is 13.6. The summed E-state index contributed by atoms with van der Waals surface area (Å²) in [5, 5.41) is 2.59. The first-order chi connectivity index (χ1) is 12.5. The molecule has 0 spiro atoms. The highest BCUT2D eigenvalue weighted by atomic mass is 19.4. The van der Waals surface area contributed by atoms with Gasteiger partial charge in [-0.2, -0.15) is 49.0 Å². The number of anilines is 1. The summed E-state index contributed by atoms with van der Waals surface area (Å²) in [4.78, 5) is 0. The van der Waals surface area contributed by atoms with Crippen molar-refractivity contribution in [3.8, 4) is 0 Å². The van der Waals surface area contributed by atoms with E-state index in [2.05, 4.69) is 5.10 Å². The normalized spacial score (nSPS) is 13.8. The van der Waals surface area contributed by atoms with Gasteiger partial charge in [0, 0.05) is 6.20 Å². The number of nitrogens with zero attached hydrogens (tertiary/aromatic N) is 2. The number of nitrogen functional groups attached to an aromatic ring is 1. The Balaban J connectivity index is 2.62. The molecule has 0 aliphatic carbocycles. The number of aromatic nitrogens is 2. The molecule has 3 nitrogen and oxygen atoms in total. The van der Waals surface area contributed by atoms with E-state index in [1.807, 2.05) is 0 Å². The van der Waals surface area contributed by atoms with Crippen molar-refractivity contribution in [1.82, 2.24) is 9.78 Å². The predicted octanol–water partition coefficient (Wildman–Crippen LogP) is 4.96. The van der Waals surface area contributed by atoms with Crippen LogP contribution in [0.5, 0.6) is 0 Å². The molecule has 2 N–H and O–H groups in total. The fraction of sp³-hybridized carbons (Fsp3) is 0.357. The molecule has 1 aromatic carbocycles. The third kappa shape index (κ3) is 3.71. The van der Waals surface area contributed by atoms with Gasteiger partial charge in [-0.3, -0.25) is 4.68 Å². The minimum Gasteiger partial charge on any atom is -0.396 e. The van der Waals surface area contributed by atoms with Crippen molar-refractivity contribution < 1.29 is 48.3 Å². The van der Waals surface area contributed by atoms with Gasteiger partial charge in [0.05, 0.1) is 17.8 Å². The Kier molecular flexibility index (Phi) is 5.06. The Bertz CT molecular complexity index is 821. The third-order valence-electron chi connectivity index (χ3n) is 3.52. The van der Waals surface area contributed by atoms with E-state index in [4.69, 9.17) is 5.73 Å². The lowest BCUT2D eigenvalue weighted by atomic mass is 10.0. The second kappa shape index (κ2) is 6.51. The zero-order valence-electron chi connectivity index (χ0n) is 13.1. The van der Waals surface area contributed by atoms with Crippen LogP contribution in [0.25, 0.3) is 0 Å². The van der Waals surface area contributed by atoms with Crippen molar-refractivity contribution in [3.05, 3.63) is 47.0 Å². The average Bonchev–Trinajstić information content (AvgIpc) is 2.94. The van der Waals surface area contributed by atoms with Gasteiger partial charge in [0.25, 0.3) is 0 Å². The zero-order chi connectivity index (χ0) is 21.7. The molecule has 0 bridgehead atoms. The van der Waals surface area contributed by atoms with E-state index >= 15 is 0 Å². The van der Waals surface area contributed by atoms with Gasteiger partial charge in [-0.05, 0) is 17.7 Å². The molecule has 0 unspecified atom stereocenters. The monoisotopic (exact) mass is 427 g/mol. The number of hydrogen-bond acceptors (Lipinski definition) is 2. The highest BCUT2D eigenvalue weighted by molar-refractivity contribution is 5.41. The molecule has 0 fully saturated rings. The molecule has 2 aromatic rings. The van der Waals surface area contributed by atoms with E-state index < -0.39 is 47.8 Å². The summed E-state index contributed by atoms with van der Waals surface area (Å²) in [6.07, 6.45) is -13.3. The van der Waals surface area contributed by atoms with Gasteiger partial charge in [-0.25, -0.2) is 4.39 Å². The molecule has 0 radical (unpaired) electrons. The van der Waals surface area contributed by atoms with Crippen LogP contribution in [0.2, 0.25) is 0 Å². The number of rotatable bonds is 4. The van der Waals surface area contributed by atoms with Crippen molar-refractivity contribution in [3.63, 3.8) is 0 Å². The summed E-state index contributed by atoms with van der Waals surface area (Å²) < 4.78 is 143. The van der Waals surface area contributed by atoms with Crippen LogP contribution >= 0.6 is 0 Å². The van der Waals surface area contributed by atoms with E-state index in [0.717, 1.165) is 12.1 Å². The Labute approximate surface area is 148 Å². The van der Waals surface area contributed by atoms with Crippen LogP contribution in [0.4, 0.5) is 54.0 Å².